The Morgan fingerprint density at radius 3 is 3.07 bits per heavy atom. The first-order chi connectivity index (χ1) is 7.30. The summed E-state index contributed by atoms with van der Waals surface area (Å²) in [5.41, 5.74) is 1.57. The molecule has 0 amide bonds. The molecule has 3 rings (SSSR count). The van der Waals surface area contributed by atoms with Gasteiger partial charge in [0.2, 0.25) is 0 Å². The first kappa shape index (κ1) is 9.31. The second-order valence-corrected chi connectivity index (χ2v) is 5.18. The van der Waals surface area contributed by atoms with Gasteiger partial charge in [0, 0.05) is 22.9 Å². The van der Waals surface area contributed by atoms with Crippen LogP contribution in [0.25, 0.3) is 10.9 Å². The Bertz CT molecular complexity index is 485. The lowest BCUT2D eigenvalue weighted by Gasteiger charge is -2.22. The molecule has 1 unspecified atom stereocenters. The number of nitrogens with one attached hydrogen (secondary N) is 1. The minimum Gasteiger partial charge on any atom is -0.384 e. The number of benzene rings is 1. The van der Waals surface area contributed by atoms with E-state index in [0.29, 0.717) is 0 Å². The van der Waals surface area contributed by atoms with Crippen LogP contribution in [0, 0.1) is 0 Å². The highest BCUT2D eigenvalue weighted by molar-refractivity contribution is 7.99. The van der Waals surface area contributed by atoms with Gasteiger partial charge < -0.3 is 10.1 Å². The second-order valence-electron chi connectivity index (χ2n) is 4.08. The zero-order valence-corrected chi connectivity index (χ0v) is 9.18. The largest absolute Gasteiger partial charge is 0.384 e. The Kier molecular flexibility index (Phi) is 2.04. The van der Waals surface area contributed by atoms with E-state index >= 15 is 0 Å². The SMILES string of the molecule is OC1(c2cccc3[nH]ccc23)CCSC1. The van der Waals surface area contributed by atoms with Gasteiger partial charge in [-0.2, -0.15) is 11.8 Å². The van der Waals surface area contributed by atoms with Crippen molar-refractivity contribution in [2.75, 3.05) is 11.5 Å². The second kappa shape index (κ2) is 3.29. The molecule has 78 valence electrons. The van der Waals surface area contributed by atoms with Gasteiger partial charge in [-0.15, -0.1) is 0 Å². The van der Waals surface area contributed by atoms with Crippen LogP contribution in [0.1, 0.15) is 12.0 Å². The first-order valence-corrected chi connectivity index (χ1v) is 6.32. The number of rotatable bonds is 1. The molecule has 2 aromatic rings. The van der Waals surface area contributed by atoms with E-state index in [4.69, 9.17) is 0 Å². The minimum atomic E-state index is -0.619. The molecule has 1 aliphatic heterocycles. The number of aromatic amines is 1. The Morgan fingerprint density at radius 2 is 2.27 bits per heavy atom. The van der Waals surface area contributed by atoms with Crippen molar-refractivity contribution in [2.45, 2.75) is 12.0 Å². The summed E-state index contributed by atoms with van der Waals surface area (Å²) in [6.45, 7) is 0. The van der Waals surface area contributed by atoms with Crippen molar-refractivity contribution in [2.24, 2.45) is 0 Å². The van der Waals surface area contributed by atoms with Crippen molar-refractivity contribution in [1.29, 1.82) is 0 Å². The van der Waals surface area contributed by atoms with Crippen molar-refractivity contribution in [1.82, 2.24) is 4.98 Å². The number of aliphatic hydroxyl groups is 1. The minimum absolute atomic E-state index is 0.619. The van der Waals surface area contributed by atoms with Gasteiger partial charge in [0.15, 0.2) is 0 Å². The molecule has 15 heavy (non-hydrogen) atoms. The maximum atomic E-state index is 10.5. The summed E-state index contributed by atoms with van der Waals surface area (Å²) in [6, 6.07) is 8.15. The third kappa shape index (κ3) is 1.38. The molecule has 1 aromatic heterocycles. The van der Waals surface area contributed by atoms with Crippen LogP contribution in [-0.4, -0.2) is 21.6 Å². The average Bonchev–Trinajstić information content (AvgIpc) is 2.85. The Balaban J connectivity index is 2.21. The Morgan fingerprint density at radius 1 is 1.33 bits per heavy atom. The summed E-state index contributed by atoms with van der Waals surface area (Å²) in [7, 11) is 0. The molecule has 2 heterocycles. The molecule has 0 bridgehead atoms. The molecule has 2 nitrogen and oxygen atoms in total. The molecule has 1 fully saturated rings. The van der Waals surface area contributed by atoms with Crippen LogP contribution < -0.4 is 0 Å². The average molecular weight is 219 g/mol. The van der Waals surface area contributed by atoms with E-state index in [0.717, 1.165) is 34.4 Å². The lowest BCUT2D eigenvalue weighted by atomic mass is 9.91. The highest BCUT2D eigenvalue weighted by Gasteiger charge is 2.34. The predicted octanol–water partition coefficient (Wildman–Crippen LogP) is 2.49. The third-order valence-corrected chi connectivity index (χ3v) is 4.27. The summed E-state index contributed by atoms with van der Waals surface area (Å²) in [4.78, 5) is 3.18. The fourth-order valence-corrected chi connectivity index (χ4v) is 3.52. The van der Waals surface area contributed by atoms with Crippen molar-refractivity contribution < 1.29 is 5.11 Å². The topological polar surface area (TPSA) is 36.0 Å². The molecule has 1 aromatic carbocycles. The highest BCUT2D eigenvalue weighted by Crippen LogP contribution is 2.39. The van der Waals surface area contributed by atoms with Gasteiger partial charge in [-0.3, -0.25) is 0 Å². The Hall–Kier alpha value is -0.930. The smallest absolute Gasteiger partial charge is 0.100 e. The number of hydrogen-bond acceptors (Lipinski definition) is 2. The van der Waals surface area contributed by atoms with Gasteiger partial charge >= 0.3 is 0 Å². The van der Waals surface area contributed by atoms with Gasteiger partial charge in [0.1, 0.15) is 5.60 Å². The molecular weight excluding hydrogens is 206 g/mol. The number of H-pyrrole nitrogens is 1. The number of aromatic nitrogens is 1. The van der Waals surface area contributed by atoms with E-state index in [1.165, 1.54) is 0 Å². The maximum absolute atomic E-state index is 10.5. The van der Waals surface area contributed by atoms with Gasteiger partial charge in [-0.1, -0.05) is 12.1 Å². The van der Waals surface area contributed by atoms with Crippen LogP contribution in [0.3, 0.4) is 0 Å². The summed E-state index contributed by atoms with van der Waals surface area (Å²) in [6.07, 6.45) is 2.79. The lowest BCUT2D eigenvalue weighted by Crippen LogP contribution is -2.24. The van der Waals surface area contributed by atoms with Crippen molar-refractivity contribution in [3.8, 4) is 0 Å². The summed E-state index contributed by atoms with van der Waals surface area (Å²) in [5, 5.41) is 11.7. The summed E-state index contributed by atoms with van der Waals surface area (Å²) >= 11 is 1.83. The van der Waals surface area contributed by atoms with Crippen molar-refractivity contribution in [3.05, 3.63) is 36.0 Å². The molecule has 1 saturated heterocycles. The van der Waals surface area contributed by atoms with Crippen LogP contribution in [-0.2, 0) is 5.60 Å². The quantitative estimate of drug-likeness (QED) is 0.773. The van der Waals surface area contributed by atoms with Crippen molar-refractivity contribution in [3.63, 3.8) is 0 Å². The molecule has 0 saturated carbocycles. The van der Waals surface area contributed by atoms with Gasteiger partial charge in [-0.25, -0.2) is 0 Å². The fourth-order valence-electron chi connectivity index (χ4n) is 2.26. The van der Waals surface area contributed by atoms with Crippen LogP contribution in [0.5, 0.6) is 0 Å². The van der Waals surface area contributed by atoms with Crippen LogP contribution in [0.15, 0.2) is 30.5 Å². The normalized spacial score (nSPS) is 26.2. The van der Waals surface area contributed by atoms with Gasteiger partial charge in [0.05, 0.1) is 0 Å². The predicted molar refractivity (Wildman–Crippen MR) is 64.1 cm³/mol. The zero-order chi connectivity index (χ0) is 10.3. The molecule has 3 heteroatoms. The van der Waals surface area contributed by atoms with Crippen LogP contribution in [0.2, 0.25) is 0 Å². The lowest BCUT2D eigenvalue weighted by molar-refractivity contribution is 0.0673. The monoisotopic (exact) mass is 219 g/mol. The zero-order valence-electron chi connectivity index (χ0n) is 8.36. The maximum Gasteiger partial charge on any atom is 0.100 e. The van der Waals surface area contributed by atoms with E-state index in [9.17, 15) is 5.11 Å². The number of hydrogen-bond donors (Lipinski definition) is 2. The number of thioether (sulfide) groups is 1. The van der Waals surface area contributed by atoms with E-state index < -0.39 is 5.60 Å². The van der Waals surface area contributed by atoms with Crippen molar-refractivity contribution >= 4 is 22.7 Å². The Labute approximate surface area is 92.7 Å². The van der Waals surface area contributed by atoms with E-state index in [-0.39, 0.29) is 0 Å². The van der Waals surface area contributed by atoms with Gasteiger partial charge in [0.25, 0.3) is 0 Å². The van der Waals surface area contributed by atoms with Crippen LogP contribution >= 0.6 is 11.8 Å². The number of fused-ring (bicyclic) bond motifs is 1. The molecule has 1 atom stereocenters. The molecule has 0 radical (unpaired) electrons. The molecular formula is C12H13NOS. The fraction of sp³-hybridized carbons (Fsp3) is 0.333. The molecule has 0 spiro atoms. The molecule has 1 aliphatic rings. The third-order valence-electron chi connectivity index (χ3n) is 3.10. The molecule has 2 N–H and O–H groups in total. The first-order valence-electron chi connectivity index (χ1n) is 5.16. The van der Waals surface area contributed by atoms with Crippen LogP contribution in [0.4, 0.5) is 0 Å². The van der Waals surface area contributed by atoms with Gasteiger partial charge in [-0.05, 0) is 29.9 Å². The molecule has 0 aliphatic carbocycles. The van der Waals surface area contributed by atoms with E-state index in [2.05, 4.69) is 4.98 Å². The summed E-state index contributed by atoms with van der Waals surface area (Å²) in [5.74, 6) is 1.87. The van der Waals surface area contributed by atoms with E-state index in [1.807, 2.05) is 42.2 Å². The highest BCUT2D eigenvalue weighted by atomic mass is 32.2. The van der Waals surface area contributed by atoms with E-state index in [1.54, 1.807) is 0 Å². The standard InChI is InChI=1S/C12H13NOS/c14-12(5-7-15-8-12)10-2-1-3-11-9(10)4-6-13-11/h1-4,6,13-14H,5,7-8H2. The summed E-state index contributed by atoms with van der Waals surface area (Å²) < 4.78 is 0.